The number of nitrogens with zero attached hydrogens (tertiary/aromatic N) is 4. The Morgan fingerprint density at radius 3 is 2.23 bits per heavy atom. The fourth-order valence-corrected chi connectivity index (χ4v) is 4.86. The standard InChI is InChI=1S/C20H27N5O5S/c1-29-16-6-3-7-17(30-2)18(16)19(26)21-10-5-15-31(27,28)25-13-11-24(12-14-25)20-22-8-4-9-23-20/h3-4,6-9H,5,10-15H2,1-2H3,(H,21,26). The highest BCUT2D eigenvalue weighted by atomic mass is 32.2. The van der Waals surface area contributed by atoms with Gasteiger partial charge in [-0.15, -0.1) is 0 Å². The Labute approximate surface area is 182 Å². The van der Waals surface area contributed by atoms with Crippen molar-refractivity contribution in [3.8, 4) is 11.5 Å². The summed E-state index contributed by atoms with van der Waals surface area (Å²) in [5.41, 5.74) is 0.287. The first kappa shape index (κ1) is 22.8. The summed E-state index contributed by atoms with van der Waals surface area (Å²) in [5, 5.41) is 2.75. The summed E-state index contributed by atoms with van der Waals surface area (Å²) in [6.07, 6.45) is 3.63. The van der Waals surface area contributed by atoms with E-state index in [0.717, 1.165) is 0 Å². The molecule has 11 heteroatoms. The van der Waals surface area contributed by atoms with Crippen molar-refractivity contribution in [3.05, 3.63) is 42.2 Å². The van der Waals surface area contributed by atoms with Crippen LogP contribution >= 0.6 is 0 Å². The number of hydrogen-bond acceptors (Lipinski definition) is 8. The lowest BCUT2D eigenvalue weighted by Gasteiger charge is -2.33. The maximum atomic E-state index is 12.7. The van der Waals surface area contributed by atoms with E-state index in [1.165, 1.54) is 18.5 Å². The molecular weight excluding hydrogens is 422 g/mol. The molecule has 0 radical (unpaired) electrons. The Balaban J connectivity index is 1.48. The second kappa shape index (κ2) is 10.4. The molecule has 1 fully saturated rings. The summed E-state index contributed by atoms with van der Waals surface area (Å²) in [7, 11) is -0.464. The lowest BCUT2D eigenvalue weighted by molar-refractivity contribution is 0.0947. The van der Waals surface area contributed by atoms with E-state index in [1.807, 2.05) is 4.90 Å². The van der Waals surface area contributed by atoms with Crippen molar-refractivity contribution in [1.82, 2.24) is 19.6 Å². The largest absolute Gasteiger partial charge is 0.496 e. The number of aromatic nitrogens is 2. The summed E-state index contributed by atoms with van der Waals surface area (Å²) in [4.78, 5) is 22.9. The van der Waals surface area contributed by atoms with Crippen molar-refractivity contribution < 1.29 is 22.7 Å². The van der Waals surface area contributed by atoms with Gasteiger partial charge in [0.25, 0.3) is 5.91 Å². The Bertz CT molecular complexity index is 956. The quantitative estimate of drug-likeness (QED) is 0.559. The lowest BCUT2D eigenvalue weighted by atomic mass is 10.1. The molecule has 1 aromatic carbocycles. The molecule has 2 aromatic rings. The third kappa shape index (κ3) is 5.61. The average Bonchev–Trinajstić information content (AvgIpc) is 2.81. The molecule has 3 rings (SSSR count). The van der Waals surface area contributed by atoms with Crippen molar-refractivity contribution in [2.75, 3.05) is 57.6 Å². The molecule has 1 amide bonds. The molecule has 0 saturated carbocycles. The van der Waals surface area contributed by atoms with Gasteiger partial charge in [-0.3, -0.25) is 4.79 Å². The third-order valence-electron chi connectivity index (χ3n) is 4.99. The normalized spacial score (nSPS) is 14.8. The van der Waals surface area contributed by atoms with Crippen molar-refractivity contribution >= 4 is 21.9 Å². The van der Waals surface area contributed by atoms with Gasteiger partial charge in [0.1, 0.15) is 17.1 Å². The monoisotopic (exact) mass is 449 g/mol. The number of carbonyl (C=O) groups is 1. The Morgan fingerprint density at radius 2 is 1.65 bits per heavy atom. The zero-order chi connectivity index (χ0) is 22.3. The van der Waals surface area contributed by atoms with E-state index in [4.69, 9.17) is 9.47 Å². The molecule has 31 heavy (non-hydrogen) atoms. The van der Waals surface area contributed by atoms with Crippen LogP contribution in [0.2, 0.25) is 0 Å². The molecule has 1 aliphatic heterocycles. The SMILES string of the molecule is COc1cccc(OC)c1C(=O)NCCCS(=O)(=O)N1CCN(c2ncccn2)CC1. The Morgan fingerprint density at radius 1 is 1.03 bits per heavy atom. The summed E-state index contributed by atoms with van der Waals surface area (Å²) in [5.74, 6) is 0.977. The number of amides is 1. The zero-order valence-electron chi connectivity index (χ0n) is 17.7. The van der Waals surface area contributed by atoms with Crippen molar-refractivity contribution in [1.29, 1.82) is 0 Å². The number of sulfonamides is 1. The van der Waals surface area contributed by atoms with E-state index in [-0.39, 0.29) is 23.8 Å². The highest BCUT2D eigenvalue weighted by molar-refractivity contribution is 7.89. The molecule has 1 saturated heterocycles. The van der Waals surface area contributed by atoms with E-state index in [0.29, 0.717) is 50.0 Å². The number of methoxy groups -OCH3 is 2. The minimum Gasteiger partial charge on any atom is -0.496 e. The Hall–Kier alpha value is -2.92. The fourth-order valence-electron chi connectivity index (χ4n) is 3.37. The minimum atomic E-state index is -3.41. The van der Waals surface area contributed by atoms with E-state index in [2.05, 4.69) is 15.3 Å². The molecule has 0 atom stereocenters. The molecule has 0 spiro atoms. The lowest BCUT2D eigenvalue weighted by Crippen LogP contribution is -2.49. The predicted octanol–water partition coefficient (Wildman–Crippen LogP) is 0.766. The Kier molecular flexibility index (Phi) is 7.64. The highest BCUT2D eigenvalue weighted by Gasteiger charge is 2.27. The maximum absolute atomic E-state index is 12.7. The van der Waals surface area contributed by atoms with Crippen LogP contribution < -0.4 is 19.7 Å². The first-order chi connectivity index (χ1) is 15.0. The molecule has 0 bridgehead atoms. The molecule has 1 aromatic heterocycles. The molecular formula is C20H27N5O5S. The summed E-state index contributed by atoms with van der Waals surface area (Å²) in [6, 6.07) is 6.81. The average molecular weight is 450 g/mol. The zero-order valence-corrected chi connectivity index (χ0v) is 18.5. The second-order valence-corrected chi connectivity index (χ2v) is 8.99. The van der Waals surface area contributed by atoms with Gasteiger partial charge in [0.2, 0.25) is 16.0 Å². The molecule has 0 aliphatic carbocycles. The molecule has 1 N–H and O–H groups in total. The van der Waals surface area contributed by atoms with Gasteiger partial charge in [-0.1, -0.05) is 6.07 Å². The van der Waals surface area contributed by atoms with Gasteiger partial charge in [0, 0.05) is 45.1 Å². The number of piperazine rings is 1. The van der Waals surface area contributed by atoms with Gasteiger partial charge in [0.15, 0.2) is 0 Å². The first-order valence-corrected chi connectivity index (χ1v) is 11.6. The van der Waals surface area contributed by atoms with Crippen molar-refractivity contribution in [2.24, 2.45) is 0 Å². The van der Waals surface area contributed by atoms with Crippen LogP contribution in [-0.2, 0) is 10.0 Å². The molecule has 1 aliphatic rings. The van der Waals surface area contributed by atoms with Crippen LogP contribution in [-0.4, -0.2) is 81.3 Å². The van der Waals surface area contributed by atoms with Crippen LogP contribution in [0.1, 0.15) is 16.8 Å². The van der Waals surface area contributed by atoms with E-state index < -0.39 is 10.0 Å². The van der Waals surface area contributed by atoms with Crippen LogP contribution in [0.3, 0.4) is 0 Å². The minimum absolute atomic E-state index is 0.0435. The van der Waals surface area contributed by atoms with Crippen LogP contribution in [0.5, 0.6) is 11.5 Å². The van der Waals surface area contributed by atoms with Gasteiger partial charge in [0.05, 0.1) is 20.0 Å². The van der Waals surface area contributed by atoms with Gasteiger partial charge in [-0.25, -0.2) is 18.4 Å². The van der Waals surface area contributed by atoms with Crippen LogP contribution in [0.25, 0.3) is 0 Å². The van der Waals surface area contributed by atoms with Crippen molar-refractivity contribution in [3.63, 3.8) is 0 Å². The van der Waals surface area contributed by atoms with E-state index in [1.54, 1.807) is 36.7 Å². The van der Waals surface area contributed by atoms with Gasteiger partial charge in [-0.2, -0.15) is 4.31 Å². The number of ether oxygens (including phenoxy) is 2. The van der Waals surface area contributed by atoms with Crippen LogP contribution in [0, 0.1) is 0 Å². The number of rotatable bonds is 9. The molecule has 10 nitrogen and oxygen atoms in total. The summed E-state index contributed by atoms with van der Waals surface area (Å²) < 4.78 is 37.3. The maximum Gasteiger partial charge on any atom is 0.258 e. The van der Waals surface area contributed by atoms with Gasteiger partial charge >= 0.3 is 0 Å². The number of hydrogen-bond donors (Lipinski definition) is 1. The number of benzene rings is 1. The predicted molar refractivity (Wildman–Crippen MR) is 116 cm³/mol. The number of carbonyl (C=O) groups excluding carboxylic acids is 1. The topological polar surface area (TPSA) is 114 Å². The highest BCUT2D eigenvalue weighted by Crippen LogP contribution is 2.27. The second-order valence-electron chi connectivity index (χ2n) is 6.90. The van der Waals surface area contributed by atoms with Gasteiger partial charge in [-0.05, 0) is 24.6 Å². The van der Waals surface area contributed by atoms with Crippen molar-refractivity contribution in [2.45, 2.75) is 6.42 Å². The fraction of sp³-hybridized carbons (Fsp3) is 0.450. The molecule has 168 valence electrons. The van der Waals surface area contributed by atoms with Gasteiger partial charge < -0.3 is 19.7 Å². The first-order valence-electron chi connectivity index (χ1n) is 9.95. The molecule has 0 unspecified atom stereocenters. The molecule has 2 heterocycles. The van der Waals surface area contributed by atoms with Crippen LogP contribution in [0.4, 0.5) is 5.95 Å². The number of anilines is 1. The van der Waals surface area contributed by atoms with E-state index >= 15 is 0 Å². The summed E-state index contributed by atoms with van der Waals surface area (Å²) in [6.45, 7) is 2.05. The number of nitrogens with one attached hydrogen (secondary N) is 1. The smallest absolute Gasteiger partial charge is 0.258 e. The van der Waals surface area contributed by atoms with E-state index in [9.17, 15) is 13.2 Å². The third-order valence-corrected chi connectivity index (χ3v) is 6.94. The summed E-state index contributed by atoms with van der Waals surface area (Å²) >= 11 is 0. The van der Waals surface area contributed by atoms with Crippen LogP contribution in [0.15, 0.2) is 36.7 Å².